The van der Waals surface area contributed by atoms with Crippen LogP contribution in [-0.4, -0.2) is 26.3 Å². The quantitative estimate of drug-likeness (QED) is 0.498. The number of aromatic nitrogens is 3. The van der Waals surface area contributed by atoms with Gasteiger partial charge < -0.3 is 5.32 Å². The van der Waals surface area contributed by atoms with E-state index in [9.17, 15) is 18.0 Å². The number of carbonyl (C=O) groups excluding carboxylic acids is 1. The van der Waals surface area contributed by atoms with E-state index >= 15 is 0 Å². The van der Waals surface area contributed by atoms with Gasteiger partial charge >= 0.3 is 6.18 Å². The number of thiazole rings is 1. The molecule has 0 aliphatic carbocycles. The highest BCUT2D eigenvalue weighted by molar-refractivity contribution is 7.99. The van der Waals surface area contributed by atoms with Crippen LogP contribution < -0.4 is 5.32 Å². The number of para-hydroxylation sites is 1. The highest BCUT2D eigenvalue weighted by atomic mass is 32.2. The standard InChI is InChI=1S/C17H11F3N4OS2/c18-17(19,20)10-4-3-5-11(8-10)21-14(25)9-26-15-22-23-16-24(15)12-6-1-2-7-13(12)27-16/h1-8H,9H2,(H,21,25). The first-order chi connectivity index (χ1) is 12.9. The van der Waals surface area contributed by atoms with Crippen LogP contribution in [0.3, 0.4) is 0 Å². The lowest BCUT2D eigenvalue weighted by molar-refractivity contribution is -0.137. The highest BCUT2D eigenvalue weighted by Gasteiger charge is 2.30. The van der Waals surface area contributed by atoms with E-state index in [1.807, 2.05) is 28.7 Å². The molecule has 0 spiro atoms. The van der Waals surface area contributed by atoms with Crippen molar-refractivity contribution in [1.29, 1.82) is 0 Å². The van der Waals surface area contributed by atoms with Crippen molar-refractivity contribution < 1.29 is 18.0 Å². The zero-order chi connectivity index (χ0) is 19.0. The fourth-order valence-corrected chi connectivity index (χ4v) is 4.32. The van der Waals surface area contributed by atoms with Crippen LogP contribution in [0.1, 0.15) is 5.56 Å². The maximum absolute atomic E-state index is 12.8. The van der Waals surface area contributed by atoms with E-state index in [4.69, 9.17) is 0 Å². The molecule has 1 N–H and O–H groups in total. The smallest absolute Gasteiger partial charge is 0.325 e. The molecule has 2 heterocycles. The summed E-state index contributed by atoms with van der Waals surface area (Å²) in [6.45, 7) is 0. The zero-order valence-corrected chi connectivity index (χ0v) is 15.2. The minimum atomic E-state index is -4.46. The SMILES string of the molecule is O=C(CSc1nnc2sc3ccccc3n12)Nc1cccc(C(F)(F)F)c1. The number of carbonyl (C=O) groups is 1. The summed E-state index contributed by atoms with van der Waals surface area (Å²) in [5.41, 5.74) is 0.239. The Morgan fingerprint density at radius 1 is 1.15 bits per heavy atom. The first kappa shape index (κ1) is 17.8. The summed E-state index contributed by atoms with van der Waals surface area (Å²) in [4.78, 5) is 12.9. The Morgan fingerprint density at radius 2 is 1.96 bits per heavy atom. The topological polar surface area (TPSA) is 59.3 Å². The summed E-state index contributed by atoms with van der Waals surface area (Å²) >= 11 is 2.67. The molecule has 138 valence electrons. The number of hydrogen-bond donors (Lipinski definition) is 1. The number of amides is 1. The van der Waals surface area contributed by atoms with Crippen LogP contribution >= 0.6 is 23.1 Å². The van der Waals surface area contributed by atoms with Crippen molar-refractivity contribution in [3.63, 3.8) is 0 Å². The molecule has 0 unspecified atom stereocenters. The molecule has 0 aliphatic heterocycles. The van der Waals surface area contributed by atoms with Gasteiger partial charge in [-0.1, -0.05) is 41.3 Å². The minimum absolute atomic E-state index is 0.00120. The third-order valence-corrected chi connectivity index (χ3v) is 5.66. The molecule has 0 fully saturated rings. The van der Waals surface area contributed by atoms with E-state index in [0.717, 1.165) is 27.3 Å². The number of hydrogen-bond acceptors (Lipinski definition) is 5. The second kappa shape index (κ2) is 6.86. The number of thioether (sulfide) groups is 1. The van der Waals surface area contributed by atoms with Crippen LogP contribution in [0.25, 0.3) is 15.2 Å². The Balaban J connectivity index is 1.48. The largest absolute Gasteiger partial charge is 0.416 e. The summed E-state index contributed by atoms with van der Waals surface area (Å²) in [5, 5.41) is 11.2. The van der Waals surface area contributed by atoms with Crippen LogP contribution in [0, 0.1) is 0 Å². The van der Waals surface area contributed by atoms with Gasteiger partial charge in [-0.25, -0.2) is 0 Å². The first-order valence-electron chi connectivity index (χ1n) is 7.74. The van der Waals surface area contributed by atoms with E-state index in [2.05, 4.69) is 15.5 Å². The summed E-state index contributed by atoms with van der Waals surface area (Å²) in [6, 6.07) is 12.3. The van der Waals surface area contributed by atoms with Crippen LogP contribution in [-0.2, 0) is 11.0 Å². The number of anilines is 1. The van der Waals surface area contributed by atoms with Crippen LogP contribution in [0.5, 0.6) is 0 Å². The van der Waals surface area contributed by atoms with Crippen molar-refractivity contribution in [2.75, 3.05) is 11.1 Å². The van der Waals surface area contributed by atoms with E-state index in [0.29, 0.717) is 5.16 Å². The number of rotatable bonds is 4. The van der Waals surface area contributed by atoms with Crippen LogP contribution in [0.15, 0.2) is 53.7 Å². The monoisotopic (exact) mass is 408 g/mol. The lowest BCUT2D eigenvalue weighted by atomic mass is 10.2. The van der Waals surface area contributed by atoms with E-state index < -0.39 is 17.6 Å². The van der Waals surface area contributed by atoms with Gasteiger partial charge in [0, 0.05) is 5.69 Å². The summed E-state index contributed by atoms with van der Waals surface area (Å²) in [6.07, 6.45) is -4.46. The van der Waals surface area contributed by atoms with E-state index in [1.165, 1.54) is 35.2 Å². The van der Waals surface area contributed by atoms with Gasteiger partial charge in [0.2, 0.25) is 10.9 Å². The molecule has 0 saturated carbocycles. The molecule has 2 aromatic heterocycles. The van der Waals surface area contributed by atoms with Gasteiger partial charge in [0.15, 0.2) is 5.16 Å². The summed E-state index contributed by atoms with van der Waals surface area (Å²) < 4.78 is 41.2. The molecule has 10 heteroatoms. The van der Waals surface area contributed by atoms with Crippen molar-refractivity contribution in [2.24, 2.45) is 0 Å². The molecular weight excluding hydrogens is 397 g/mol. The fraction of sp³-hybridized carbons (Fsp3) is 0.118. The van der Waals surface area contributed by atoms with E-state index in [1.54, 1.807) is 0 Å². The second-order valence-electron chi connectivity index (χ2n) is 5.59. The second-order valence-corrected chi connectivity index (χ2v) is 7.54. The number of nitrogens with one attached hydrogen (secondary N) is 1. The first-order valence-corrected chi connectivity index (χ1v) is 9.54. The molecule has 0 radical (unpaired) electrons. The van der Waals surface area contributed by atoms with Crippen molar-refractivity contribution >= 4 is 49.9 Å². The van der Waals surface area contributed by atoms with E-state index in [-0.39, 0.29) is 11.4 Å². The van der Waals surface area contributed by atoms with Gasteiger partial charge in [-0.3, -0.25) is 9.20 Å². The molecule has 2 aromatic carbocycles. The predicted molar refractivity (Wildman–Crippen MR) is 99.2 cm³/mol. The third-order valence-electron chi connectivity index (χ3n) is 3.72. The van der Waals surface area contributed by atoms with Gasteiger partial charge in [-0.15, -0.1) is 10.2 Å². The number of fused-ring (bicyclic) bond motifs is 3. The molecule has 4 rings (SSSR count). The molecule has 5 nitrogen and oxygen atoms in total. The third kappa shape index (κ3) is 3.62. The maximum Gasteiger partial charge on any atom is 0.416 e. The Bertz CT molecular complexity index is 1140. The lowest BCUT2D eigenvalue weighted by Gasteiger charge is -2.09. The number of nitrogens with zero attached hydrogens (tertiary/aromatic N) is 3. The number of benzene rings is 2. The average Bonchev–Trinajstić information content (AvgIpc) is 3.18. The van der Waals surface area contributed by atoms with Gasteiger partial charge in [-0.2, -0.15) is 13.2 Å². The van der Waals surface area contributed by atoms with Gasteiger partial charge in [0.1, 0.15) is 0 Å². The molecule has 0 atom stereocenters. The van der Waals surface area contributed by atoms with Crippen molar-refractivity contribution in [2.45, 2.75) is 11.3 Å². The Hall–Kier alpha value is -2.59. The fourth-order valence-electron chi connectivity index (χ4n) is 2.55. The van der Waals surface area contributed by atoms with Crippen molar-refractivity contribution in [3.05, 3.63) is 54.1 Å². The van der Waals surface area contributed by atoms with Crippen molar-refractivity contribution in [3.8, 4) is 0 Å². The maximum atomic E-state index is 12.8. The van der Waals surface area contributed by atoms with Gasteiger partial charge in [-0.05, 0) is 30.3 Å². The Morgan fingerprint density at radius 3 is 2.78 bits per heavy atom. The van der Waals surface area contributed by atoms with Crippen LogP contribution in [0.2, 0.25) is 0 Å². The normalized spacial score (nSPS) is 12.0. The summed E-state index contributed by atoms with van der Waals surface area (Å²) in [5.74, 6) is -0.420. The number of alkyl halides is 3. The molecule has 0 bridgehead atoms. The molecule has 0 saturated heterocycles. The Labute approximate surface area is 159 Å². The minimum Gasteiger partial charge on any atom is -0.325 e. The van der Waals surface area contributed by atoms with Crippen molar-refractivity contribution in [1.82, 2.24) is 14.6 Å². The summed E-state index contributed by atoms with van der Waals surface area (Å²) in [7, 11) is 0. The molecule has 4 aromatic rings. The molecule has 27 heavy (non-hydrogen) atoms. The predicted octanol–water partition coefficient (Wildman–Crippen LogP) is 4.69. The highest BCUT2D eigenvalue weighted by Crippen LogP contribution is 2.31. The molecule has 0 aliphatic rings. The average molecular weight is 408 g/mol. The lowest BCUT2D eigenvalue weighted by Crippen LogP contribution is -2.15. The molecular formula is C17H11F3N4OS2. The zero-order valence-electron chi connectivity index (χ0n) is 13.5. The molecule has 1 amide bonds. The van der Waals surface area contributed by atoms with Gasteiger partial charge in [0.25, 0.3) is 0 Å². The Kier molecular flexibility index (Phi) is 4.52. The van der Waals surface area contributed by atoms with Gasteiger partial charge in [0.05, 0.1) is 21.5 Å². The number of halogens is 3. The van der Waals surface area contributed by atoms with Crippen LogP contribution in [0.4, 0.5) is 18.9 Å².